The highest BCUT2D eigenvalue weighted by Gasteiger charge is 2.27. The molecular formula is C17H34O2. The fourth-order valence-electron chi connectivity index (χ4n) is 2.17. The summed E-state index contributed by atoms with van der Waals surface area (Å²) in [5, 5.41) is 0. The van der Waals surface area contributed by atoms with Crippen LogP contribution < -0.4 is 0 Å². The molecule has 2 heteroatoms. The first kappa shape index (κ1) is 18.7. The van der Waals surface area contributed by atoms with Crippen LogP contribution in [-0.2, 0) is 9.47 Å². The standard InChI is InChI=1S/C17H34O2/c1-7-12-13-18-17(6,11-5)14-16(10-4)19-15(8-2)9-3/h7,12,15-16H,8-11,13-14H2,1-6H3/b12-7+. The van der Waals surface area contributed by atoms with E-state index >= 15 is 0 Å². The van der Waals surface area contributed by atoms with Gasteiger partial charge >= 0.3 is 0 Å². The molecule has 0 aliphatic carbocycles. The van der Waals surface area contributed by atoms with Crippen molar-refractivity contribution in [1.29, 1.82) is 0 Å². The number of allylic oxidation sites excluding steroid dienone is 1. The number of ether oxygens (including phenoxy) is 2. The summed E-state index contributed by atoms with van der Waals surface area (Å²) >= 11 is 0. The summed E-state index contributed by atoms with van der Waals surface area (Å²) in [6.07, 6.45) is 10.0. The highest BCUT2D eigenvalue weighted by molar-refractivity contribution is 4.82. The molecular weight excluding hydrogens is 236 g/mol. The lowest BCUT2D eigenvalue weighted by Crippen LogP contribution is -2.35. The Hall–Kier alpha value is -0.340. The SMILES string of the molecule is C/C=C/COC(C)(CC)CC(CC)OC(CC)CC. The molecule has 2 nitrogen and oxygen atoms in total. The van der Waals surface area contributed by atoms with Gasteiger partial charge in [-0.15, -0.1) is 0 Å². The molecule has 0 aliphatic heterocycles. The molecule has 0 radical (unpaired) electrons. The quantitative estimate of drug-likeness (QED) is 0.485. The summed E-state index contributed by atoms with van der Waals surface area (Å²) in [6, 6.07) is 0. The molecule has 2 atom stereocenters. The summed E-state index contributed by atoms with van der Waals surface area (Å²) in [5.74, 6) is 0. The molecule has 0 spiro atoms. The molecule has 0 fully saturated rings. The molecule has 0 aromatic heterocycles. The number of hydrogen-bond acceptors (Lipinski definition) is 2. The fourth-order valence-corrected chi connectivity index (χ4v) is 2.17. The van der Waals surface area contributed by atoms with Crippen LogP contribution in [-0.4, -0.2) is 24.4 Å². The predicted octanol–water partition coefficient (Wildman–Crippen LogP) is 5.12. The number of rotatable bonds is 11. The van der Waals surface area contributed by atoms with Crippen LogP contribution in [0.2, 0.25) is 0 Å². The zero-order chi connectivity index (χ0) is 14.7. The first-order valence-corrected chi connectivity index (χ1v) is 7.95. The van der Waals surface area contributed by atoms with Gasteiger partial charge in [-0.25, -0.2) is 0 Å². The lowest BCUT2D eigenvalue weighted by molar-refractivity contribution is -0.0900. The predicted molar refractivity (Wildman–Crippen MR) is 83.6 cm³/mol. The van der Waals surface area contributed by atoms with Gasteiger partial charge in [0.05, 0.1) is 24.4 Å². The van der Waals surface area contributed by atoms with Crippen molar-refractivity contribution in [2.75, 3.05) is 6.61 Å². The van der Waals surface area contributed by atoms with E-state index in [9.17, 15) is 0 Å². The Balaban J connectivity index is 4.44. The molecule has 0 aromatic carbocycles. The minimum Gasteiger partial charge on any atom is -0.375 e. The minimum absolute atomic E-state index is 0.0772. The summed E-state index contributed by atoms with van der Waals surface area (Å²) in [5.41, 5.74) is -0.0772. The second kappa shape index (κ2) is 10.4. The maximum atomic E-state index is 6.20. The van der Waals surface area contributed by atoms with Gasteiger partial charge in [0.25, 0.3) is 0 Å². The molecule has 0 saturated heterocycles. The summed E-state index contributed by atoms with van der Waals surface area (Å²) in [6.45, 7) is 13.7. The zero-order valence-corrected chi connectivity index (χ0v) is 13.9. The third-order valence-corrected chi connectivity index (χ3v) is 3.92. The van der Waals surface area contributed by atoms with Gasteiger partial charge in [0.2, 0.25) is 0 Å². The molecule has 0 rings (SSSR count). The van der Waals surface area contributed by atoms with Crippen LogP contribution >= 0.6 is 0 Å². The van der Waals surface area contributed by atoms with Crippen LogP contribution in [0.1, 0.15) is 73.6 Å². The van der Waals surface area contributed by atoms with Gasteiger partial charge in [0, 0.05) is 6.42 Å². The maximum absolute atomic E-state index is 6.20. The third kappa shape index (κ3) is 7.74. The Morgan fingerprint density at radius 3 is 2.00 bits per heavy atom. The van der Waals surface area contributed by atoms with E-state index in [-0.39, 0.29) is 5.60 Å². The Bertz CT molecular complexity index is 233. The summed E-state index contributed by atoms with van der Waals surface area (Å²) in [7, 11) is 0. The first-order valence-electron chi connectivity index (χ1n) is 7.95. The van der Waals surface area contributed by atoms with Crippen molar-refractivity contribution in [2.45, 2.75) is 91.5 Å². The molecule has 0 amide bonds. The van der Waals surface area contributed by atoms with E-state index in [0.717, 1.165) is 32.1 Å². The lowest BCUT2D eigenvalue weighted by Gasteiger charge is -2.33. The third-order valence-electron chi connectivity index (χ3n) is 3.92. The van der Waals surface area contributed by atoms with Crippen molar-refractivity contribution >= 4 is 0 Å². The van der Waals surface area contributed by atoms with Crippen LogP contribution in [0.3, 0.4) is 0 Å². The second-order valence-electron chi connectivity index (χ2n) is 5.49. The van der Waals surface area contributed by atoms with Gasteiger partial charge in [-0.05, 0) is 39.5 Å². The molecule has 0 N–H and O–H groups in total. The molecule has 2 unspecified atom stereocenters. The van der Waals surface area contributed by atoms with Crippen LogP contribution in [0.25, 0.3) is 0 Å². The molecule has 0 aliphatic rings. The second-order valence-corrected chi connectivity index (χ2v) is 5.49. The largest absolute Gasteiger partial charge is 0.375 e. The van der Waals surface area contributed by atoms with Gasteiger partial charge in [0.1, 0.15) is 0 Å². The average molecular weight is 270 g/mol. The van der Waals surface area contributed by atoms with Gasteiger partial charge in [-0.2, -0.15) is 0 Å². The van der Waals surface area contributed by atoms with E-state index in [4.69, 9.17) is 9.47 Å². The molecule has 114 valence electrons. The van der Waals surface area contributed by atoms with Crippen molar-refractivity contribution < 1.29 is 9.47 Å². The summed E-state index contributed by atoms with van der Waals surface area (Å²) < 4.78 is 12.2. The minimum atomic E-state index is -0.0772. The normalized spacial score (nSPS) is 17.0. The van der Waals surface area contributed by atoms with Crippen LogP contribution in [0.4, 0.5) is 0 Å². The Morgan fingerprint density at radius 1 is 1.00 bits per heavy atom. The van der Waals surface area contributed by atoms with E-state index in [2.05, 4.69) is 40.7 Å². The van der Waals surface area contributed by atoms with Crippen molar-refractivity contribution in [3.8, 4) is 0 Å². The Labute approximate surface area is 120 Å². The molecule has 0 aromatic rings. The van der Waals surface area contributed by atoms with Crippen LogP contribution in [0, 0.1) is 0 Å². The number of hydrogen-bond donors (Lipinski definition) is 0. The summed E-state index contributed by atoms with van der Waals surface area (Å²) in [4.78, 5) is 0. The van der Waals surface area contributed by atoms with Gasteiger partial charge < -0.3 is 9.47 Å². The Morgan fingerprint density at radius 2 is 1.58 bits per heavy atom. The smallest absolute Gasteiger partial charge is 0.0680 e. The van der Waals surface area contributed by atoms with Crippen LogP contribution in [0.15, 0.2) is 12.2 Å². The highest BCUT2D eigenvalue weighted by atomic mass is 16.5. The zero-order valence-electron chi connectivity index (χ0n) is 13.9. The van der Waals surface area contributed by atoms with E-state index in [1.54, 1.807) is 0 Å². The average Bonchev–Trinajstić information content (AvgIpc) is 2.43. The van der Waals surface area contributed by atoms with E-state index in [1.165, 1.54) is 0 Å². The van der Waals surface area contributed by atoms with E-state index in [0.29, 0.717) is 18.8 Å². The monoisotopic (exact) mass is 270 g/mol. The van der Waals surface area contributed by atoms with Crippen molar-refractivity contribution in [3.63, 3.8) is 0 Å². The van der Waals surface area contributed by atoms with Crippen molar-refractivity contribution in [3.05, 3.63) is 12.2 Å². The fraction of sp³-hybridized carbons (Fsp3) is 0.882. The van der Waals surface area contributed by atoms with Crippen LogP contribution in [0.5, 0.6) is 0 Å². The van der Waals surface area contributed by atoms with E-state index < -0.39 is 0 Å². The first-order chi connectivity index (χ1) is 9.05. The molecule has 0 bridgehead atoms. The maximum Gasteiger partial charge on any atom is 0.0680 e. The van der Waals surface area contributed by atoms with E-state index in [1.807, 2.05) is 13.0 Å². The topological polar surface area (TPSA) is 18.5 Å². The van der Waals surface area contributed by atoms with Crippen molar-refractivity contribution in [2.24, 2.45) is 0 Å². The lowest BCUT2D eigenvalue weighted by atomic mass is 9.93. The van der Waals surface area contributed by atoms with Gasteiger partial charge in [0.15, 0.2) is 0 Å². The highest BCUT2D eigenvalue weighted by Crippen LogP contribution is 2.26. The molecule has 0 heterocycles. The molecule has 19 heavy (non-hydrogen) atoms. The Kier molecular flexibility index (Phi) is 10.3. The van der Waals surface area contributed by atoms with Gasteiger partial charge in [-0.3, -0.25) is 0 Å². The van der Waals surface area contributed by atoms with Gasteiger partial charge in [-0.1, -0.05) is 39.8 Å². The molecule has 0 saturated carbocycles. The van der Waals surface area contributed by atoms with Crippen molar-refractivity contribution in [1.82, 2.24) is 0 Å².